The van der Waals surface area contributed by atoms with Gasteiger partial charge in [0.1, 0.15) is 6.04 Å². The Morgan fingerprint density at radius 1 is 1.33 bits per heavy atom. The molecule has 1 atom stereocenters. The highest BCUT2D eigenvalue weighted by molar-refractivity contribution is 5.94. The van der Waals surface area contributed by atoms with Gasteiger partial charge in [-0.3, -0.25) is 9.59 Å². The highest BCUT2D eigenvalue weighted by Crippen LogP contribution is 2.14. The monoisotopic (exact) mass is 254 g/mol. The largest absolute Gasteiger partial charge is 0.345 e. The molecule has 0 radical (unpaired) electrons. The summed E-state index contributed by atoms with van der Waals surface area (Å²) < 4.78 is 25.8. The molecule has 1 aliphatic rings. The lowest BCUT2D eigenvalue weighted by atomic mass is 10.1. The highest BCUT2D eigenvalue weighted by atomic mass is 19.2. The van der Waals surface area contributed by atoms with E-state index in [4.69, 9.17) is 0 Å². The molecule has 18 heavy (non-hydrogen) atoms. The van der Waals surface area contributed by atoms with E-state index < -0.39 is 17.7 Å². The number of rotatable bonds is 2. The summed E-state index contributed by atoms with van der Waals surface area (Å²) in [7, 11) is 0. The average molecular weight is 254 g/mol. The second kappa shape index (κ2) is 4.72. The maximum atomic E-state index is 13.0. The number of hydrogen-bond acceptors (Lipinski definition) is 2. The van der Waals surface area contributed by atoms with Crippen molar-refractivity contribution in [3.63, 3.8) is 0 Å². The van der Waals surface area contributed by atoms with Gasteiger partial charge in [-0.25, -0.2) is 8.78 Å². The van der Waals surface area contributed by atoms with Crippen molar-refractivity contribution >= 4 is 11.8 Å². The van der Waals surface area contributed by atoms with Crippen LogP contribution in [0.2, 0.25) is 0 Å². The summed E-state index contributed by atoms with van der Waals surface area (Å²) in [4.78, 5) is 24.4. The average Bonchev–Trinajstić information content (AvgIpc) is 2.34. The summed E-state index contributed by atoms with van der Waals surface area (Å²) in [6.07, 6.45) is 0. The van der Waals surface area contributed by atoms with E-state index in [1.807, 2.05) is 0 Å². The minimum Gasteiger partial charge on any atom is -0.345 e. The number of carbonyl (C=O) groups is 2. The molecular formula is C12H12F2N2O2. The van der Waals surface area contributed by atoms with E-state index in [-0.39, 0.29) is 24.9 Å². The van der Waals surface area contributed by atoms with Gasteiger partial charge in [0, 0.05) is 6.54 Å². The van der Waals surface area contributed by atoms with Gasteiger partial charge in [0.05, 0.1) is 6.54 Å². The molecule has 1 aromatic carbocycles. The minimum atomic E-state index is -0.964. The molecule has 1 saturated heterocycles. The molecule has 1 fully saturated rings. The van der Waals surface area contributed by atoms with Gasteiger partial charge in [-0.15, -0.1) is 0 Å². The van der Waals surface area contributed by atoms with Gasteiger partial charge in [-0.2, -0.15) is 0 Å². The Morgan fingerprint density at radius 2 is 2.06 bits per heavy atom. The molecule has 0 aromatic heterocycles. The fourth-order valence-electron chi connectivity index (χ4n) is 1.83. The van der Waals surface area contributed by atoms with Crippen molar-refractivity contribution in [2.75, 3.05) is 6.54 Å². The van der Waals surface area contributed by atoms with Crippen LogP contribution in [0.15, 0.2) is 18.2 Å². The molecule has 0 spiro atoms. The predicted octanol–water partition coefficient (Wildman–Crippen LogP) is 0.812. The molecule has 1 aliphatic heterocycles. The normalized spacial score (nSPS) is 19.9. The van der Waals surface area contributed by atoms with Crippen molar-refractivity contribution in [3.05, 3.63) is 35.4 Å². The number of halogens is 2. The Morgan fingerprint density at radius 3 is 2.72 bits per heavy atom. The van der Waals surface area contributed by atoms with Crippen molar-refractivity contribution in [1.29, 1.82) is 0 Å². The Bertz CT molecular complexity index is 505. The predicted molar refractivity (Wildman–Crippen MR) is 59.4 cm³/mol. The molecule has 96 valence electrons. The van der Waals surface area contributed by atoms with Crippen LogP contribution >= 0.6 is 0 Å². The van der Waals surface area contributed by atoms with E-state index in [9.17, 15) is 18.4 Å². The van der Waals surface area contributed by atoms with Crippen LogP contribution in [-0.2, 0) is 16.1 Å². The van der Waals surface area contributed by atoms with Crippen molar-refractivity contribution < 1.29 is 18.4 Å². The van der Waals surface area contributed by atoms with Crippen molar-refractivity contribution in [1.82, 2.24) is 10.2 Å². The van der Waals surface area contributed by atoms with E-state index in [1.165, 1.54) is 11.0 Å². The molecule has 6 heteroatoms. The van der Waals surface area contributed by atoms with Crippen LogP contribution in [0.1, 0.15) is 12.5 Å². The number of piperazine rings is 1. The molecular weight excluding hydrogens is 242 g/mol. The maximum Gasteiger partial charge on any atom is 0.242 e. The van der Waals surface area contributed by atoms with Gasteiger partial charge in [0.2, 0.25) is 11.8 Å². The fraction of sp³-hybridized carbons (Fsp3) is 0.333. The first kappa shape index (κ1) is 12.5. The number of amides is 2. The Kier molecular flexibility index (Phi) is 3.27. The second-order valence-electron chi connectivity index (χ2n) is 4.16. The quantitative estimate of drug-likeness (QED) is 0.849. The standard InChI is InChI=1S/C12H12F2N2O2/c1-7-12(18)15-5-11(17)16(7)6-8-2-3-9(13)10(14)4-8/h2-4,7H,5-6H2,1H3,(H,15,18). The molecule has 1 N–H and O–H groups in total. The van der Waals surface area contributed by atoms with E-state index >= 15 is 0 Å². The first-order valence-corrected chi connectivity index (χ1v) is 5.50. The molecule has 0 aliphatic carbocycles. The van der Waals surface area contributed by atoms with Crippen molar-refractivity contribution in [2.45, 2.75) is 19.5 Å². The summed E-state index contributed by atoms with van der Waals surface area (Å²) in [5.74, 6) is -2.40. The third-order valence-corrected chi connectivity index (χ3v) is 2.92. The number of nitrogens with zero attached hydrogens (tertiary/aromatic N) is 1. The van der Waals surface area contributed by atoms with E-state index in [2.05, 4.69) is 5.32 Å². The lowest BCUT2D eigenvalue weighted by Gasteiger charge is -2.32. The number of carbonyl (C=O) groups excluding carboxylic acids is 2. The van der Waals surface area contributed by atoms with E-state index in [0.29, 0.717) is 5.56 Å². The zero-order valence-electron chi connectivity index (χ0n) is 9.74. The smallest absolute Gasteiger partial charge is 0.242 e. The van der Waals surface area contributed by atoms with Gasteiger partial charge in [-0.05, 0) is 24.6 Å². The lowest BCUT2D eigenvalue weighted by molar-refractivity contribution is -0.145. The highest BCUT2D eigenvalue weighted by Gasteiger charge is 2.30. The fourth-order valence-corrected chi connectivity index (χ4v) is 1.83. The topological polar surface area (TPSA) is 49.4 Å². The van der Waals surface area contributed by atoms with Crippen molar-refractivity contribution in [3.8, 4) is 0 Å². The van der Waals surface area contributed by atoms with E-state index in [0.717, 1.165) is 12.1 Å². The summed E-state index contributed by atoms with van der Waals surface area (Å²) in [5, 5.41) is 2.45. The summed E-state index contributed by atoms with van der Waals surface area (Å²) in [5.41, 5.74) is 0.448. The van der Waals surface area contributed by atoms with Crippen LogP contribution in [0.4, 0.5) is 8.78 Å². The summed E-state index contributed by atoms with van der Waals surface area (Å²) in [6.45, 7) is 1.61. The molecule has 1 aromatic rings. The van der Waals surface area contributed by atoms with Crippen LogP contribution in [0.5, 0.6) is 0 Å². The molecule has 1 unspecified atom stereocenters. The van der Waals surface area contributed by atoms with Crippen molar-refractivity contribution in [2.24, 2.45) is 0 Å². The first-order chi connectivity index (χ1) is 8.49. The second-order valence-corrected chi connectivity index (χ2v) is 4.16. The third-order valence-electron chi connectivity index (χ3n) is 2.92. The van der Waals surface area contributed by atoms with Crippen LogP contribution < -0.4 is 5.32 Å². The molecule has 0 saturated carbocycles. The first-order valence-electron chi connectivity index (χ1n) is 5.50. The zero-order valence-corrected chi connectivity index (χ0v) is 9.74. The molecule has 1 heterocycles. The van der Waals surface area contributed by atoms with Crippen LogP contribution in [0.3, 0.4) is 0 Å². The van der Waals surface area contributed by atoms with Gasteiger partial charge < -0.3 is 10.2 Å². The summed E-state index contributed by atoms with van der Waals surface area (Å²) >= 11 is 0. The lowest BCUT2D eigenvalue weighted by Crippen LogP contribution is -2.56. The molecule has 4 nitrogen and oxygen atoms in total. The molecule has 2 amide bonds. The Labute approximate surface area is 103 Å². The Balaban J connectivity index is 2.18. The maximum absolute atomic E-state index is 13.0. The third kappa shape index (κ3) is 2.32. The van der Waals surface area contributed by atoms with Gasteiger partial charge in [0.15, 0.2) is 11.6 Å². The minimum absolute atomic E-state index is 0.0626. The molecule has 2 rings (SSSR count). The summed E-state index contributed by atoms with van der Waals surface area (Å²) in [6, 6.07) is 2.82. The van der Waals surface area contributed by atoms with Gasteiger partial charge in [-0.1, -0.05) is 6.07 Å². The van der Waals surface area contributed by atoms with Crippen LogP contribution in [-0.4, -0.2) is 29.3 Å². The zero-order chi connectivity index (χ0) is 13.3. The number of nitrogens with one attached hydrogen (secondary N) is 1. The van der Waals surface area contributed by atoms with Crippen LogP contribution in [0, 0.1) is 11.6 Å². The van der Waals surface area contributed by atoms with E-state index in [1.54, 1.807) is 6.92 Å². The van der Waals surface area contributed by atoms with Gasteiger partial charge in [0.25, 0.3) is 0 Å². The molecule has 0 bridgehead atoms. The number of hydrogen-bond donors (Lipinski definition) is 1. The van der Waals surface area contributed by atoms with Gasteiger partial charge >= 0.3 is 0 Å². The van der Waals surface area contributed by atoms with Crippen LogP contribution in [0.25, 0.3) is 0 Å². The SMILES string of the molecule is CC1C(=O)NCC(=O)N1Cc1ccc(F)c(F)c1. The Hall–Kier alpha value is -1.98. The number of benzene rings is 1.